The molecule has 5 rings (SSSR count). The fourth-order valence-electron chi connectivity index (χ4n) is 4.64. The standard InChI is InChI=1S/C29H27N5O3S2/c30-27(31)21-9-6-10-23(17-21)34-25(18-38-29(34)20-7-2-1-3-8-20)28(35)33-22-15-13-19(14-16-22)24-11-4-5-12-26(24)39(32,36)37/h1-17,25,29H,18H2,(H3,30,31)(H,33,35)(H2,32,36,37). The number of amidine groups is 1. The maximum absolute atomic E-state index is 13.6. The van der Waals surface area contributed by atoms with Gasteiger partial charge in [-0.2, -0.15) is 0 Å². The van der Waals surface area contributed by atoms with Gasteiger partial charge >= 0.3 is 0 Å². The second-order valence-corrected chi connectivity index (χ2v) is 11.7. The topological polar surface area (TPSA) is 142 Å². The van der Waals surface area contributed by atoms with Crippen molar-refractivity contribution in [3.63, 3.8) is 0 Å². The maximum atomic E-state index is 13.6. The van der Waals surface area contributed by atoms with Crippen molar-refractivity contribution >= 4 is 44.9 Å². The molecule has 0 aromatic heterocycles. The molecule has 6 N–H and O–H groups in total. The van der Waals surface area contributed by atoms with E-state index in [4.69, 9.17) is 16.3 Å². The number of nitrogens with zero attached hydrogens (tertiary/aromatic N) is 1. The first kappa shape index (κ1) is 26.5. The van der Waals surface area contributed by atoms with Crippen LogP contribution in [0.3, 0.4) is 0 Å². The summed E-state index contributed by atoms with van der Waals surface area (Å²) in [5, 5.41) is 16.2. The van der Waals surface area contributed by atoms with Gasteiger partial charge in [0.1, 0.15) is 17.3 Å². The third-order valence-corrected chi connectivity index (χ3v) is 8.79. The summed E-state index contributed by atoms with van der Waals surface area (Å²) in [6.07, 6.45) is 0. The monoisotopic (exact) mass is 557 g/mol. The molecule has 10 heteroatoms. The highest BCUT2D eigenvalue weighted by Gasteiger charge is 2.39. The molecule has 0 aliphatic carbocycles. The summed E-state index contributed by atoms with van der Waals surface area (Å²) < 4.78 is 24.0. The molecule has 1 saturated heterocycles. The predicted molar refractivity (Wildman–Crippen MR) is 157 cm³/mol. The van der Waals surface area contributed by atoms with Gasteiger partial charge in [0.15, 0.2) is 0 Å². The molecule has 0 spiro atoms. The summed E-state index contributed by atoms with van der Waals surface area (Å²) in [7, 11) is -3.89. The summed E-state index contributed by atoms with van der Waals surface area (Å²) >= 11 is 1.67. The minimum Gasteiger partial charge on any atom is -0.384 e. The van der Waals surface area contributed by atoms with Crippen LogP contribution in [0.4, 0.5) is 11.4 Å². The first-order chi connectivity index (χ1) is 18.7. The molecule has 39 heavy (non-hydrogen) atoms. The number of hydrogen-bond donors (Lipinski definition) is 4. The van der Waals surface area contributed by atoms with Crippen LogP contribution in [0.1, 0.15) is 16.5 Å². The lowest BCUT2D eigenvalue weighted by molar-refractivity contribution is -0.116. The highest BCUT2D eigenvalue weighted by Crippen LogP contribution is 2.44. The normalized spacial score (nSPS) is 17.1. The summed E-state index contributed by atoms with van der Waals surface area (Å²) in [5.41, 5.74) is 9.96. The van der Waals surface area contributed by atoms with E-state index >= 15 is 0 Å². The van der Waals surface area contributed by atoms with Gasteiger partial charge in [0.05, 0.1) is 4.90 Å². The van der Waals surface area contributed by atoms with Gasteiger partial charge < -0.3 is 16.0 Å². The number of nitrogens with two attached hydrogens (primary N) is 2. The molecule has 4 aromatic carbocycles. The molecule has 1 aliphatic heterocycles. The fraction of sp³-hybridized carbons (Fsp3) is 0.103. The lowest BCUT2D eigenvalue weighted by Crippen LogP contribution is -2.42. The highest BCUT2D eigenvalue weighted by molar-refractivity contribution is 8.00. The van der Waals surface area contributed by atoms with Gasteiger partial charge in [0, 0.05) is 28.3 Å². The number of rotatable bonds is 7. The molecule has 1 heterocycles. The molecule has 0 bridgehead atoms. The molecule has 8 nitrogen and oxygen atoms in total. The molecule has 4 aromatic rings. The number of anilines is 2. The van der Waals surface area contributed by atoms with E-state index in [1.165, 1.54) is 6.07 Å². The summed E-state index contributed by atoms with van der Waals surface area (Å²) in [4.78, 5) is 15.7. The first-order valence-corrected chi connectivity index (χ1v) is 14.7. The largest absolute Gasteiger partial charge is 0.384 e. The SMILES string of the molecule is N=C(N)c1cccc(N2C(C(=O)Nc3ccc(-c4ccccc4S(N)(=O)=O)cc3)CSC2c2ccccc2)c1. The molecular formula is C29H27N5O3S2. The number of benzene rings is 4. The lowest BCUT2D eigenvalue weighted by atomic mass is 10.1. The van der Waals surface area contributed by atoms with Crippen LogP contribution < -0.4 is 21.1 Å². The number of carbonyl (C=O) groups is 1. The number of carbonyl (C=O) groups excluding carboxylic acids is 1. The average molecular weight is 558 g/mol. The number of amides is 1. The Labute approximate surface area is 231 Å². The van der Waals surface area contributed by atoms with E-state index in [9.17, 15) is 13.2 Å². The molecule has 0 saturated carbocycles. The quantitative estimate of drug-likeness (QED) is 0.194. The molecule has 1 fully saturated rings. The maximum Gasteiger partial charge on any atom is 0.247 e. The van der Waals surface area contributed by atoms with Crippen molar-refractivity contribution in [3.05, 3.63) is 114 Å². The number of nitrogen functional groups attached to an aromatic ring is 1. The zero-order valence-corrected chi connectivity index (χ0v) is 22.5. The number of primary sulfonamides is 1. The second-order valence-electron chi connectivity index (χ2n) is 9.09. The molecule has 1 amide bonds. The first-order valence-electron chi connectivity index (χ1n) is 12.1. The Hall–Kier alpha value is -4.12. The van der Waals surface area contributed by atoms with Crippen molar-refractivity contribution in [2.75, 3.05) is 16.0 Å². The van der Waals surface area contributed by atoms with E-state index in [-0.39, 0.29) is 22.0 Å². The van der Waals surface area contributed by atoms with E-state index in [0.717, 1.165) is 11.3 Å². The lowest BCUT2D eigenvalue weighted by Gasteiger charge is -2.31. The van der Waals surface area contributed by atoms with Crippen LogP contribution in [-0.4, -0.2) is 32.0 Å². The van der Waals surface area contributed by atoms with Gasteiger partial charge in [-0.1, -0.05) is 72.8 Å². The van der Waals surface area contributed by atoms with Crippen LogP contribution in [0.25, 0.3) is 11.1 Å². The van der Waals surface area contributed by atoms with Gasteiger partial charge in [-0.05, 0) is 41.5 Å². The van der Waals surface area contributed by atoms with Crippen LogP contribution in [-0.2, 0) is 14.8 Å². The molecule has 0 radical (unpaired) electrons. The van der Waals surface area contributed by atoms with Crippen LogP contribution >= 0.6 is 11.8 Å². The van der Waals surface area contributed by atoms with Crippen molar-refractivity contribution < 1.29 is 13.2 Å². The zero-order valence-electron chi connectivity index (χ0n) is 20.8. The molecule has 198 valence electrons. The minimum absolute atomic E-state index is 0.0370. The Bertz CT molecular complexity index is 1630. The van der Waals surface area contributed by atoms with Crippen LogP contribution in [0.2, 0.25) is 0 Å². The second kappa shape index (κ2) is 10.9. The Morgan fingerprint density at radius 1 is 0.923 bits per heavy atom. The Morgan fingerprint density at radius 3 is 2.31 bits per heavy atom. The van der Waals surface area contributed by atoms with Gasteiger partial charge in [0.25, 0.3) is 0 Å². The molecule has 2 atom stereocenters. The van der Waals surface area contributed by atoms with Crippen molar-refractivity contribution in [1.82, 2.24) is 0 Å². The third-order valence-electron chi connectivity index (χ3n) is 6.50. The summed E-state index contributed by atoms with van der Waals surface area (Å²) in [6.45, 7) is 0. The Balaban J connectivity index is 1.42. The van der Waals surface area contributed by atoms with Gasteiger partial charge in [0.2, 0.25) is 15.9 Å². The molecular weight excluding hydrogens is 530 g/mol. The van der Waals surface area contributed by atoms with Crippen LogP contribution in [0, 0.1) is 5.41 Å². The number of nitrogens with one attached hydrogen (secondary N) is 2. The third kappa shape index (κ3) is 5.68. The van der Waals surface area contributed by atoms with Crippen LogP contribution in [0.15, 0.2) is 108 Å². The average Bonchev–Trinajstić information content (AvgIpc) is 3.39. The molecule has 2 unspecified atom stereocenters. The van der Waals surface area contributed by atoms with Crippen LogP contribution in [0.5, 0.6) is 0 Å². The minimum atomic E-state index is -3.89. The van der Waals surface area contributed by atoms with Gasteiger partial charge in [-0.25, -0.2) is 13.6 Å². The Morgan fingerprint density at radius 2 is 1.62 bits per heavy atom. The number of hydrogen-bond acceptors (Lipinski definition) is 6. The number of sulfonamides is 1. The molecule has 1 aliphatic rings. The Kier molecular flexibility index (Phi) is 7.42. The summed E-state index contributed by atoms with van der Waals surface area (Å²) in [6, 6.07) is 30.4. The van der Waals surface area contributed by atoms with Crippen molar-refractivity contribution in [1.29, 1.82) is 5.41 Å². The fourth-order valence-corrected chi connectivity index (χ4v) is 6.86. The van der Waals surface area contributed by atoms with Gasteiger partial charge in [-0.3, -0.25) is 10.2 Å². The van der Waals surface area contributed by atoms with E-state index in [0.29, 0.717) is 28.1 Å². The van der Waals surface area contributed by atoms with E-state index in [2.05, 4.69) is 10.2 Å². The number of thioether (sulfide) groups is 1. The van der Waals surface area contributed by atoms with Crippen molar-refractivity contribution in [2.45, 2.75) is 16.3 Å². The smallest absolute Gasteiger partial charge is 0.247 e. The predicted octanol–water partition coefficient (Wildman–Crippen LogP) is 4.54. The zero-order chi connectivity index (χ0) is 27.6. The summed E-state index contributed by atoms with van der Waals surface area (Å²) in [5.74, 6) is 0.354. The van der Waals surface area contributed by atoms with E-state index in [1.807, 2.05) is 48.5 Å². The van der Waals surface area contributed by atoms with Crippen molar-refractivity contribution in [3.8, 4) is 11.1 Å². The van der Waals surface area contributed by atoms with E-state index < -0.39 is 16.1 Å². The van der Waals surface area contributed by atoms with Gasteiger partial charge in [-0.15, -0.1) is 11.8 Å². The highest BCUT2D eigenvalue weighted by atomic mass is 32.2. The van der Waals surface area contributed by atoms with Crippen molar-refractivity contribution in [2.24, 2.45) is 10.9 Å². The van der Waals surface area contributed by atoms with E-state index in [1.54, 1.807) is 60.3 Å².